The fourth-order valence-electron chi connectivity index (χ4n) is 2.27. The molecule has 0 heterocycles. The fraction of sp³-hybridized carbons (Fsp3) is 0.250. The summed E-state index contributed by atoms with van der Waals surface area (Å²) < 4.78 is 29.9. The molecule has 0 radical (unpaired) electrons. The summed E-state index contributed by atoms with van der Waals surface area (Å²) in [5, 5.41) is 3.19. The Kier molecular flexibility index (Phi) is 5.73. The Labute approximate surface area is 145 Å². The van der Waals surface area contributed by atoms with E-state index in [1.807, 2.05) is 32.0 Å². The van der Waals surface area contributed by atoms with Gasteiger partial charge in [0.05, 0.1) is 10.5 Å². The van der Waals surface area contributed by atoms with Gasteiger partial charge in [0.15, 0.2) is 0 Å². The van der Waals surface area contributed by atoms with Gasteiger partial charge in [-0.15, -0.1) is 0 Å². The molecule has 0 saturated heterocycles. The van der Waals surface area contributed by atoms with Crippen LogP contribution in [0.3, 0.4) is 0 Å². The summed E-state index contributed by atoms with van der Waals surface area (Å²) >= 11 is 5.36. The van der Waals surface area contributed by atoms with Crippen LogP contribution < -0.4 is 5.32 Å². The SMILES string of the molecule is CCNC(c1cccc(C)c1I)c1c(F)ccc(Br)c1F. The van der Waals surface area contributed by atoms with Crippen LogP contribution in [0.5, 0.6) is 0 Å². The van der Waals surface area contributed by atoms with Gasteiger partial charge in [-0.2, -0.15) is 0 Å². The second kappa shape index (κ2) is 7.15. The van der Waals surface area contributed by atoms with Crippen molar-refractivity contribution in [2.45, 2.75) is 19.9 Å². The molecule has 2 rings (SSSR count). The van der Waals surface area contributed by atoms with Crippen LogP contribution >= 0.6 is 38.5 Å². The minimum atomic E-state index is -0.557. The van der Waals surface area contributed by atoms with Gasteiger partial charge in [-0.3, -0.25) is 0 Å². The van der Waals surface area contributed by atoms with E-state index in [1.165, 1.54) is 12.1 Å². The van der Waals surface area contributed by atoms with E-state index in [9.17, 15) is 8.78 Å². The van der Waals surface area contributed by atoms with Crippen molar-refractivity contribution < 1.29 is 8.78 Å². The predicted molar refractivity (Wildman–Crippen MR) is 93.5 cm³/mol. The van der Waals surface area contributed by atoms with E-state index in [0.29, 0.717) is 6.54 Å². The number of hydrogen-bond donors (Lipinski definition) is 1. The lowest BCUT2D eigenvalue weighted by molar-refractivity contribution is 0.506. The van der Waals surface area contributed by atoms with Crippen molar-refractivity contribution in [3.05, 3.63) is 66.7 Å². The Hall–Kier alpha value is -0.530. The van der Waals surface area contributed by atoms with Crippen LogP contribution in [0, 0.1) is 22.1 Å². The van der Waals surface area contributed by atoms with Gasteiger partial charge in [0.2, 0.25) is 0 Å². The van der Waals surface area contributed by atoms with Crippen LogP contribution in [-0.2, 0) is 0 Å². The van der Waals surface area contributed by atoms with Crippen molar-refractivity contribution >= 4 is 38.5 Å². The zero-order valence-corrected chi connectivity index (χ0v) is 15.4. The summed E-state index contributed by atoms with van der Waals surface area (Å²) in [4.78, 5) is 0. The molecular weight excluding hydrogens is 451 g/mol. The molecule has 0 bridgehead atoms. The molecule has 1 atom stereocenters. The summed E-state index contributed by atoms with van der Waals surface area (Å²) in [7, 11) is 0. The van der Waals surface area contributed by atoms with Crippen molar-refractivity contribution in [3.63, 3.8) is 0 Å². The number of benzene rings is 2. The van der Waals surface area contributed by atoms with Gasteiger partial charge in [0, 0.05) is 9.13 Å². The van der Waals surface area contributed by atoms with E-state index in [2.05, 4.69) is 43.8 Å². The highest BCUT2D eigenvalue weighted by molar-refractivity contribution is 14.1. The lowest BCUT2D eigenvalue weighted by Gasteiger charge is -2.22. The fourth-order valence-corrected chi connectivity index (χ4v) is 3.29. The monoisotopic (exact) mass is 465 g/mol. The number of hydrogen-bond acceptors (Lipinski definition) is 1. The summed E-state index contributed by atoms with van der Waals surface area (Å²) in [6.45, 7) is 4.52. The van der Waals surface area contributed by atoms with E-state index in [-0.39, 0.29) is 10.0 Å². The first-order chi connectivity index (χ1) is 9.97. The first kappa shape index (κ1) is 16.8. The lowest BCUT2D eigenvalue weighted by atomic mass is 9.96. The molecule has 0 aliphatic heterocycles. The lowest BCUT2D eigenvalue weighted by Crippen LogP contribution is -2.25. The Balaban J connectivity index is 2.65. The smallest absolute Gasteiger partial charge is 0.145 e. The molecule has 0 aliphatic rings. The van der Waals surface area contributed by atoms with E-state index in [0.717, 1.165) is 14.7 Å². The van der Waals surface area contributed by atoms with Crippen LogP contribution in [-0.4, -0.2) is 6.54 Å². The van der Waals surface area contributed by atoms with Gasteiger partial charge in [0.25, 0.3) is 0 Å². The molecule has 0 fully saturated rings. The molecule has 0 amide bonds. The van der Waals surface area contributed by atoms with Crippen LogP contribution in [0.25, 0.3) is 0 Å². The third-order valence-electron chi connectivity index (χ3n) is 3.31. The summed E-state index contributed by atoms with van der Waals surface area (Å²) in [5.74, 6) is -1.10. The minimum absolute atomic E-state index is 0.0507. The Morgan fingerprint density at radius 2 is 1.95 bits per heavy atom. The van der Waals surface area contributed by atoms with E-state index in [4.69, 9.17) is 0 Å². The maximum absolute atomic E-state index is 14.4. The van der Waals surface area contributed by atoms with Crippen LogP contribution in [0.1, 0.15) is 29.7 Å². The Morgan fingerprint density at radius 3 is 2.62 bits per heavy atom. The molecule has 2 aromatic carbocycles. The maximum atomic E-state index is 14.4. The molecule has 5 heteroatoms. The van der Waals surface area contributed by atoms with Crippen LogP contribution in [0.4, 0.5) is 8.78 Å². The standard InChI is InChI=1S/C16H15BrF2IN/c1-3-21-16(10-6-4-5-9(2)15(10)20)13-12(18)8-7-11(17)14(13)19/h4-8,16,21H,3H2,1-2H3. The zero-order chi connectivity index (χ0) is 15.6. The average Bonchev–Trinajstić information content (AvgIpc) is 2.45. The number of nitrogens with one attached hydrogen (secondary N) is 1. The molecule has 2 aromatic rings. The van der Waals surface area contributed by atoms with E-state index in [1.54, 1.807) is 0 Å². The molecular formula is C16H15BrF2IN. The van der Waals surface area contributed by atoms with Crippen molar-refractivity contribution in [2.75, 3.05) is 6.54 Å². The first-order valence-corrected chi connectivity index (χ1v) is 8.46. The predicted octanol–water partition coefficient (Wildman–Crippen LogP) is 5.34. The topological polar surface area (TPSA) is 12.0 Å². The van der Waals surface area contributed by atoms with Gasteiger partial charge in [0.1, 0.15) is 11.6 Å². The van der Waals surface area contributed by atoms with Crippen LogP contribution in [0.15, 0.2) is 34.8 Å². The largest absolute Gasteiger partial charge is 0.306 e. The highest BCUT2D eigenvalue weighted by Crippen LogP contribution is 2.33. The average molecular weight is 466 g/mol. The molecule has 1 unspecified atom stereocenters. The molecule has 1 N–H and O–H groups in total. The number of aryl methyl sites for hydroxylation is 1. The maximum Gasteiger partial charge on any atom is 0.145 e. The summed E-state index contributed by atoms with van der Waals surface area (Å²) in [6.07, 6.45) is 0. The van der Waals surface area contributed by atoms with Gasteiger partial charge in [-0.05, 0) is 75.2 Å². The molecule has 0 saturated carbocycles. The van der Waals surface area contributed by atoms with Gasteiger partial charge in [-0.1, -0.05) is 25.1 Å². The van der Waals surface area contributed by atoms with Crippen molar-refractivity contribution in [1.82, 2.24) is 5.32 Å². The van der Waals surface area contributed by atoms with E-state index < -0.39 is 17.7 Å². The first-order valence-electron chi connectivity index (χ1n) is 6.59. The molecule has 21 heavy (non-hydrogen) atoms. The molecule has 1 nitrogen and oxygen atoms in total. The zero-order valence-electron chi connectivity index (χ0n) is 11.7. The van der Waals surface area contributed by atoms with Crippen molar-refractivity contribution in [2.24, 2.45) is 0 Å². The number of rotatable bonds is 4. The molecule has 0 spiro atoms. The third kappa shape index (κ3) is 3.46. The Morgan fingerprint density at radius 1 is 1.24 bits per heavy atom. The summed E-state index contributed by atoms with van der Waals surface area (Å²) in [6, 6.07) is 7.96. The highest BCUT2D eigenvalue weighted by Gasteiger charge is 2.24. The van der Waals surface area contributed by atoms with Crippen molar-refractivity contribution in [1.29, 1.82) is 0 Å². The van der Waals surface area contributed by atoms with Gasteiger partial charge in [-0.25, -0.2) is 8.78 Å². The van der Waals surface area contributed by atoms with Gasteiger partial charge >= 0.3 is 0 Å². The van der Waals surface area contributed by atoms with Crippen LogP contribution in [0.2, 0.25) is 0 Å². The highest BCUT2D eigenvalue weighted by atomic mass is 127. The van der Waals surface area contributed by atoms with E-state index >= 15 is 0 Å². The third-order valence-corrected chi connectivity index (χ3v) is 5.40. The molecule has 0 aromatic heterocycles. The Bertz CT molecular complexity index is 661. The normalized spacial score (nSPS) is 12.5. The van der Waals surface area contributed by atoms with Gasteiger partial charge < -0.3 is 5.32 Å². The second-order valence-corrected chi connectivity index (χ2v) is 6.66. The second-order valence-electron chi connectivity index (χ2n) is 4.73. The number of halogens is 4. The van der Waals surface area contributed by atoms with Crippen molar-refractivity contribution in [3.8, 4) is 0 Å². The molecule has 0 aliphatic carbocycles. The summed E-state index contributed by atoms with van der Waals surface area (Å²) in [5.41, 5.74) is 2.02. The minimum Gasteiger partial charge on any atom is -0.306 e. The quantitative estimate of drug-likeness (QED) is 0.474. The molecule has 112 valence electrons.